The van der Waals surface area contributed by atoms with Crippen LogP contribution in [0.4, 0.5) is 0 Å². The lowest BCUT2D eigenvalue weighted by Gasteiger charge is -2.31. The molecule has 1 saturated heterocycles. The molecule has 1 N–H and O–H groups in total. The summed E-state index contributed by atoms with van der Waals surface area (Å²) in [5.41, 5.74) is 1.03. The van der Waals surface area contributed by atoms with Crippen LogP contribution in [0, 0.1) is 6.92 Å². The zero-order chi connectivity index (χ0) is 13.0. The third-order valence-corrected chi connectivity index (χ3v) is 3.86. The van der Waals surface area contributed by atoms with Crippen LogP contribution in [-0.2, 0) is 9.53 Å². The first-order valence-electron chi connectivity index (χ1n) is 6.21. The first kappa shape index (κ1) is 13.5. The summed E-state index contributed by atoms with van der Waals surface area (Å²) in [6, 6.07) is 0. The molecule has 2 heterocycles. The van der Waals surface area contributed by atoms with E-state index in [1.165, 1.54) is 0 Å². The number of thiazole rings is 1. The molecule has 1 aliphatic heterocycles. The van der Waals surface area contributed by atoms with Gasteiger partial charge in [0, 0.05) is 30.7 Å². The van der Waals surface area contributed by atoms with Crippen LogP contribution in [0.25, 0.3) is 0 Å². The number of carbonyl (C=O) groups excluding carboxylic acids is 1. The second-order valence-corrected chi connectivity index (χ2v) is 5.26. The normalized spacial score (nSPS) is 20.9. The molecule has 2 rings (SSSR count). The van der Waals surface area contributed by atoms with Crippen LogP contribution in [0.15, 0.2) is 5.38 Å². The molecule has 6 heteroatoms. The average Bonchev–Trinajstić information content (AvgIpc) is 2.76. The Hall–Kier alpha value is -0.980. The lowest BCUT2D eigenvalue weighted by molar-refractivity contribution is -0.124. The summed E-state index contributed by atoms with van der Waals surface area (Å²) < 4.78 is 5.72. The molecule has 0 radical (unpaired) electrons. The monoisotopic (exact) mass is 269 g/mol. The molecule has 1 unspecified atom stereocenters. The number of hydrogen-bond donors (Lipinski definition) is 1. The molecule has 5 nitrogen and oxygen atoms in total. The van der Waals surface area contributed by atoms with Gasteiger partial charge in [-0.15, -0.1) is 11.3 Å². The first-order valence-corrected chi connectivity index (χ1v) is 7.09. The van der Waals surface area contributed by atoms with E-state index in [4.69, 9.17) is 4.74 Å². The quantitative estimate of drug-likeness (QED) is 0.884. The van der Waals surface area contributed by atoms with E-state index < -0.39 is 0 Å². The summed E-state index contributed by atoms with van der Waals surface area (Å²) in [7, 11) is 0. The van der Waals surface area contributed by atoms with Gasteiger partial charge in [-0.25, -0.2) is 4.98 Å². The van der Waals surface area contributed by atoms with Crippen LogP contribution >= 0.6 is 11.3 Å². The van der Waals surface area contributed by atoms with Crippen molar-refractivity contribution in [3.05, 3.63) is 16.1 Å². The number of nitrogens with zero attached hydrogens (tertiary/aromatic N) is 2. The molecule has 1 aromatic heterocycles. The number of aromatic nitrogens is 1. The average molecular weight is 269 g/mol. The maximum Gasteiger partial charge on any atom is 0.234 e. The fourth-order valence-corrected chi connectivity index (χ4v) is 2.81. The third-order valence-electron chi connectivity index (χ3n) is 2.80. The van der Waals surface area contributed by atoms with E-state index in [0.717, 1.165) is 23.8 Å². The molecule has 1 fully saturated rings. The number of rotatable bonds is 4. The second-order valence-electron chi connectivity index (χ2n) is 4.38. The third kappa shape index (κ3) is 3.51. The van der Waals surface area contributed by atoms with E-state index in [2.05, 4.69) is 15.2 Å². The predicted molar refractivity (Wildman–Crippen MR) is 70.7 cm³/mol. The van der Waals surface area contributed by atoms with E-state index in [9.17, 15) is 4.79 Å². The minimum absolute atomic E-state index is 0.00637. The van der Waals surface area contributed by atoms with Gasteiger partial charge in [-0.3, -0.25) is 9.69 Å². The Morgan fingerprint density at radius 1 is 1.72 bits per heavy atom. The molecule has 1 aromatic rings. The fraction of sp³-hybridized carbons (Fsp3) is 0.667. The van der Waals surface area contributed by atoms with Gasteiger partial charge in [0.15, 0.2) is 0 Å². The minimum atomic E-state index is 0.00637. The van der Waals surface area contributed by atoms with Crippen LogP contribution < -0.4 is 5.32 Å². The summed E-state index contributed by atoms with van der Waals surface area (Å²) in [5, 5.41) is 5.85. The molecular formula is C12H19N3O2S. The Morgan fingerprint density at radius 2 is 2.56 bits per heavy atom. The molecule has 0 spiro atoms. The van der Waals surface area contributed by atoms with Crippen LogP contribution in [0.5, 0.6) is 0 Å². The summed E-state index contributed by atoms with van der Waals surface area (Å²) in [6.45, 7) is 7.23. The zero-order valence-corrected chi connectivity index (χ0v) is 11.6. The molecule has 18 heavy (non-hydrogen) atoms. The van der Waals surface area contributed by atoms with Crippen molar-refractivity contribution in [2.45, 2.75) is 20.0 Å². The van der Waals surface area contributed by atoms with Gasteiger partial charge in [-0.1, -0.05) is 0 Å². The highest BCUT2D eigenvalue weighted by molar-refractivity contribution is 7.09. The number of aryl methyl sites for hydroxylation is 1. The number of hydrogen-bond acceptors (Lipinski definition) is 5. The van der Waals surface area contributed by atoms with E-state index in [0.29, 0.717) is 19.7 Å². The van der Waals surface area contributed by atoms with E-state index in [-0.39, 0.29) is 12.0 Å². The minimum Gasteiger partial charge on any atom is -0.368 e. The Bertz CT molecular complexity index is 408. The van der Waals surface area contributed by atoms with Crippen molar-refractivity contribution in [1.82, 2.24) is 15.2 Å². The van der Waals surface area contributed by atoms with Crippen molar-refractivity contribution in [2.75, 3.05) is 32.8 Å². The maximum atomic E-state index is 11.6. The highest BCUT2D eigenvalue weighted by Crippen LogP contribution is 2.24. The van der Waals surface area contributed by atoms with Gasteiger partial charge in [0.2, 0.25) is 5.91 Å². The second kappa shape index (κ2) is 6.26. The van der Waals surface area contributed by atoms with Crippen LogP contribution in [-0.4, -0.2) is 48.6 Å². The van der Waals surface area contributed by atoms with E-state index in [1.807, 2.05) is 19.2 Å². The number of ether oxygens (including phenoxy) is 1. The van der Waals surface area contributed by atoms with Crippen molar-refractivity contribution in [2.24, 2.45) is 0 Å². The topological polar surface area (TPSA) is 54.5 Å². The van der Waals surface area contributed by atoms with Gasteiger partial charge in [0.05, 0.1) is 13.2 Å². The molecule has 0 bridgehead atoms. The molecule has 0 aromatic carbocycles. The largest absolute Gasteiger partial charge is 0.368 e. The van der Waals surface area contributed by atoms with Crippen molar-refractivity contribution < 1.29 is 9.53 Å². The predicted octanol–water partition coefficient (Wildman–Crippen LogP) is 0.961. The molecule has 0 saturated carbocycles. The van der Waals surface area contributed by atoms with Gasteiger partial charge in [0.25, 0.3) is 0 Å². The standard InChI is InChI=1S/C12H19N3O2S/c1-3-13-11(16)7-15-4-5-17-10(6-15)12-14-9(2)8-18-12/h8,10H,3-7H2,1-2H3,(H,13,16). The fourth-order valence-electron chi connectivity index (χ4n) is 1.97. The van der Waals surface area contributed by atoms with Crippen LogP contribution in [0.1, 0.15) is 23.7 Å². The summed E-state index contributed by atoms with van der Waals surface area (Å²) in [4.78, 5) is 18.1. The van der Waals surface area contributed by atoms with Crippen molar-refractivity contribution in [3.63, 3.8) is 0 Å². The van der Waals surface area contributed by atoms with Gasteiger partial charge in [0.1, 0.15) is 11.1 Å². The summed E-state index contributed by atoms with van der Waals surface area (Å²) in [5.74, 6) is 0.0773. The van der Waals surface area contributed by atoms with Gasteiger partial charge >= 0.3 is 0 Å². The van der Waals surface area contributed by atoms with E-state index in [1.54, 1.807) is 11.3 Å². The molecule has 100 valence electrons. The lowest BCUT2D eigenvalue weighted by atomic mass is 10.2. The maximum absolute atomic E-state index is 11.6. The van der Waals surface area contributed by atoms with E-state index >= 15 is 0 Å². The van der Waals surface area contributed by atoms with Crippen LogP contribution in [0.2, 0.25) is 0 Å². The summed E-state index contributed by atoms with van der Waals surface area (Å²) in [6.07, 6.45) is 0.00637. The molecule has 1 aliphatic rings. The number of likely N-dealkylation sites (N-methyl/N-ethyl adjacent to an activating group) is 1. The lowest BCUT2D eigenvalue weighted by Crippen LogP contribution is -2.44. The molecule has 0 aliphatic carbocycles. The Morgan fingerprint density at radius 3 is 3.22 bits per heavy atom. The number of nitrogens with one attached hydrogen (secondary N) is 1. The SMILES string of the molecule is CCNC(=O)CN1CCOC(c2nc(C)cs2)C1. The van der Waals surface area contributed by atoms with Gasteiger partial charge in [-0.2, -0.15) is 0 Å². The molecule has 1 amide bonds. The van der Waals surface area contributed by atoms with Crippen LogP contribution in [0.3, 0.4) is 0 Å². The Balaban J connectivity index is 1.90. The van der Waals surface area contributed by atoms with Crippen molar-refractivity contribution >= 4 is 17.2 Å². The highest BCUT2D eigenvalue weighted by Gasteiger charge is 2.25. The Labute approximate surface area is 111 Å². The van der Waals surface area contributed by atoms with Gasteiger partial charge in [-0.05, 0) is 13.8 Å². The number of carbonyl (C=O) groups is 1. The van der Waals surface area contributed by atoms with Crippen molar-refractivity contribution in [3.8, 4) is 0 Å². The number of amides is 1. The smallest absolute Gasteiger partial charge is 0.234 e. The Kier molecular flexibility index (Phi) is 4.68. The summed E-state index contributed by atoms with van der Waals surface area (Å²) >= 11 is 1.62. The van der Waals surface area contributed by atoms with Crippen molar-refractivity contribution in [1.29, 1.82) is 0 Å². The molecule has 1 atom stereocenters. The van der Waals surface area contributed by atoms with Gasteiger partial charge < -0.3 is 10.1 Å². The molecular weight excluding hydrogens is 250 g/mol. The number of morpholine rings is 1. The highest BCUT2D eigenvalue weighted by atomic mass is 32.1. The zero-order valence-electron chi connectivity index (χ0n) is 10.8. The first-order chi connectivity index (χ1) is 8.69.